The number of hydrogen-bond acceptors (Lipinski definition) is 7. The Bertz CT molecular complexity index is 1420. The van der Waals surface area contributed by atoms with Gasteiger partial charge in [-0.1, -0.05) is 47.5 Å². The number of piperidine rings is 1. The van der Waals surface area contributed by atoms with E-state index in [-0.39, 0.29) is 46.5 Å². The maximum absolute atomic E-state index is 13.4. The van der Waals surface area contributed by atoms with E-state index in [9.17, 15) is 14.4 Å². The minimum atomic E-state index is -0.604. The summed E-state index contributed by atoms with van der Waals surface area (Å²) in [4.78, 5) is 44.9. The lowest BCUT2D eigenvalue weighted by Gasteiger charge is -2.29. The second-order valence-electron chi connectivity index (χ2n) is 9.41. The number of nitrogens with zero attached hydrogens (tertiary/aromatic N) is 2. The van der Waals surface area contributed by atoms with Crippen LogP contribution >= 0.6 is 23.2 Å². The molecule has 2 aromatic carbocycles. The number of ether oxygens (including phenoxy) is 2. The summed E-state index contributed by atoms with van der Waals surface area (Å²) >= 11 is 12.2. The highest BCUT2D eigenvalue weighted by Gasteiger charge is 2.23. The second kappa shape index (κ2) is 14.1. The Morgan fingerprint density at radius 2 is 1.68 bits per heavy atom. The van der Waals surface area contributed by atoms with Gasteiger partial charge >= 0.3 is 5.97 Å². The van der Waals surface area contributed by atoms with E-state index >= 15 is 0 Å². The largest absolute Gasteiger partial charge is 0.482 e. The quantitative estimate of drug-likeness (QED) is 0.131. The summed E-state index contributed by atoms with van der Waals surface area (Å²) in [6.45, 7) is 3.12. The molecule has 9 nitrogen and oxygen atoms in total. The van der Waals surface area contributed by atoms with Crippen LogP contribution in [0.5, 0.6) is 5.75 Å². The smallest absolute Gasteiger partial charge is 0.344 e. The van der Waals surface area contributed by atoms with Crippen molar-refractivity contribution in [2.45, 2.75) is 32.6 Å². The number of nitrogens with one attached hydrogen (secondary N) is 2. The SMILES string of the molecule is CCOC(=O)COc1cc(Cl)cc(C(=O)Nc2ccc(Cl)cn2)c1CC(=O)c1ccc(C(=N)N2CCCCC2)cc1. The van der Waals surface area contributed by atoms with Gasteiger partial charge in [-0.3, -0.25) is 15.0 Å². The van der Waals surface area contributed by atoms with Crippen LogP contribution in [0.15, 0.2) is 54.7 Å². The molecule has 0 bridgehead atoms. The van der Waals surface area contributed by atoms with E-state index in [1.807, 2.05) is 4.90 Å². The van der Waals surface area contributed by atoms with E-state index in [1.54, 1.807) is 37.3 Å². The molecule has 4 rings (SSSR count). The summed E-state index contributed by atoms with van der Waals surface area (Å²) in [7, 11) is 0. The van der Waals surface area contributed by atoms with Crippen molar-refractivity contribution in [2.24, 2.45) is 0 Å². The van der Waals surface area contributed by atoms with Gasteiger partial charge in [0.25, 0.3) is 5.91 Å². The first-order valence-electron chi connectivity index (χ1n) is 13.3. The van der Waals surface area contributed by atoms with Crippen LogP contribution in [0.4, 0.5) is 5.82 Å². The minimum Gasteiger partial charge on any atom is -0.482 e. The van der Waals surface area contributed by atoms with Gasteiger partial charge in [0.1, 0.15) is 17.4 Å². The molecule has 0 atom stereocenters. The van der Waals surface area contributed by atoms with Crippen LogP contribution in [0.25, 0.3) is 0 Å². The number of ketones is 1. The van der Waals surface area contributed by atoms with Gasteiger partial charge < -0.3 is 19.7 Å². The number of Topliss-reactive ketones (excluding diaryl/α,β-unsaturated/α-hetero) is 1. The summed E-state index contributed by atoms with van der Waals surface area (Å²) in [5.74, 6) is -0.674. The van der Waals surface area contributed by atoms with E-state index in [1.165, 1.54) is 30.8 Å². The van der Waals surface area contributed by atoms with Gasteiger partial charge in [0.2, 0.25) is 0 Å². The zero-order valence-electron chi connectivity index (χ0n) is 22.5. The van der Waals surface area contributed by atoms with Crippen molar-refractivity contribution in [2.75, 3.05) is 31.6 Å². The van der Waals surface area contributed by atoms with Crippen LogP contribution in [-0.2, 0) is 16.0 Å². The first kappa shape index (κ1) is 30.0. The molecule has 1 amide bonds. The van der Waals surface area contributed by atoms with E-state index < -0.39 is 18.5 Å². The van der Waals surface area contributed by atoms with Gasteiger partial charge in [-0.2, -0.15) is 0 Å². The first-order chi connectivity index (χ1) is 19.7. The number of pyridine rings is 1. The van der Waals surface area contributed by atoms with Crippen molar-refractivity contribution >= 4 is 52.5 Å². The van der Waals surface area contributed by atoms with Crippen LogP contribution in [0.3, 0.4) is 0 Å². The number of carbonyl (C=O) groups is 3. The van der Waals surface area contributed by atoms with E-state index in [4.69, 9.17) is 38.1 Å². The highest BCUT2D eigenvalue weighted by molar-refractivity contribution is 6.31. The van der Waals surface area contributed by atoms with E-state index in [2.05, 4.69) is 10.3 Å². The van der Waals surface area contributed by atoms with E-state index in [0.29, 0.717) is 16.4 Å². The third-order valence-electron chi connectivity index (χ3n) is 6.53. The third kappa shape index (κ3) is 8.05. The Balaban J connectivity index is 1.60. The molecule has 3 aromatic rings. The van der Waals surface area contributed by atoms with Crippen LogP contribution in [0.1, 0.15) is 58.0 Å². The van der Waals surface area contributed by atoms with Gasteiger partial charge in [-0.15, -0.1) is 0 Å². The molecule has 1 aliphatic heterocycles. The maximum atomic E-state index is 13.4. The summed E-state index contributed by atoms with van der Waals surface area (Å²) < 4.78 is 10.6. The van der Waals surface area contributed by atoms with Crippen molar-refractivity contribution in [1.82, 2.24) is 9.88 Å². The monoisotopic (exact) mass is 596 g/mol. The summed E-state index contributed by atoms with van der Waals surface area (Å²) in [5.41, 5.74) is 1.46. The molecular weight excluding hydrogens is 567 g/mol. The number of benzene rings is 2. The average Bonchev–Trinajstić information content (AvgIpc) is 2.98. The van der Waals surface area contributed by atoms with Crippen LogP contribution in [-0.4, -0.2) is 59.7 Å². The number of hydrogen-bond donors (Lipinski definition) is 2. The fourth-order valence-electron chi connectivity index (χ4n) is 4.47. The molecule has 1 aliphatic rings. The van der Waals surface area contributed by atoms with Gasteiger partial charge in [0.15, 0.2) is 12.4 Å². The molecule has 2 heterocycles. The predicted molar refractivity (Wildman–Crippen MR) is 158 cm³/mol. The minimum absolute atomic E-state index is 0.0879. The number of likely N-dealkylation sites (tertiary alicyclic amines) is 1. The van der Waals surface area contributed by atoms with Gasteiger partial charge in [-0.25, -0.2) is 9.78 Å². The number of amides is 1. The predicted octanol–water partition coefficient (Wildman–Crippen LogP) is 5.82. The van der Waals surface area contributed by atoms with Crippen molar-refractivity contribution in [3.05, 3.63) is 87.0 Å². The molecule has 1 saturated heterocycles. The number of halogens is 2. The topological polar surface area (TPSA) is 122 Å². The van der Waals surface area contributed by atoms with Crippen LogP contribution in [0, 0.1) is 5.41 Å². The van der Waals surface area contributed by atoms with Crippen molar-refractivity contribution in [3.8, 4) is 5.75 Å². The lowest BCUT2D eigenvalue weighted by molar-refractivity contribution is -0.145. The molecule has 214 valence electrons. The zero-order valence-corrected chi connectivity index (χ0v) is 24.1. The summed E-state index contributed by atoms with van der Waals surface area (Å²) in [5, 5.41) is 11.8. The summed E-state index contributed by atoms with van der Waals surface area (Å²) in [6.07, 6.45) is 4.47. The number of carbonyl (C=O) groups excluding carboxylic acids is 3. The van der Waals surface area contributed by atoms with Gasteiger partial charge in [-0.05, 0) is 50.5 Å². The standard InChI is InChI=1S/C30H30Cl2N4O5/c1-2-40-28(38)18-41-26-15-22(32)14-24(30(39)35-27-11-10-21(31)17-34-27)23(26)16-25(37)19-6-8-20(9-7-19)29(33)36-12-4-3-5-13-36/h6-11,14-15,17,33H,2-5,12-13,16,18H2,1H3,(H,34,35,39). The molecular formula is C30H30Cl2N4O5. The molecule has 41 heavy (non-hydrogen) atoms. The Kier molecular flexibility index (Phi) is 10.3. The fourth-order valence-corrected chi connectivity index (χ4v) is 4.79. The number of esters is 1. The Morgan fingerprint density at radius 1 is 0.976 bits per heavy atom. The average molecular weight is 597 g/mol. The normalized spacial score (nSPS) is 12.9. The molecule has 0 saturated carbocycles. The zero-order chi connectivity index (χ0) is 29.4. The number of anilines is 1. The molecule has 0 unspecified atom stereocenters. The molecule has 0 spiro atoms. The molecule has 0 radical (unpaired) electrons. The van der Waals surface area contributed by atoms with E-state index in [0.717, 1.165) is 31.5 Å². The molecule has 2 N–H and O–H groups in total. The first-order valence-corrected chi connectivity index (χ1v) is 14.0. The van der Waals surface area contributed by atoms with Crippen molar-refractivity contribution < 1.29 is 23.9 Å². The van der Waals surface area contributed by atoms with Gasteiger partial charge in [0, 0.05) is 53.0 Å². The molecule has 1 aromatic heterocycles. The Labute approximate surface area is 248 Å². The fraction of sp³-hybridized carbons (Fsp3) is 0.300. The highest BCUT2D eigenvalue weighted by Crippen LogP contribution is 2.30. The Morgan fingerprint density at radius 3 is 2.34 bits per heavy atom. The third-order valence-corrected chi connectivity index (χ3v) is 6.97. The highest BCUT2D eigenvalue weighted by atomic mass is 35.5. The van der Waals surface area contributed by atoms with Crippen molar-refractivity contribution in [3.63, 3.8) is 0 Å². The Hall–Kier alpha value is -3.95. The molecule has 0 aliphatic carbocycles. The van der Waals surface area contributed by atoms with Crippen LogP contribution in [0.2, 0.25) is 10.0 Å². The second-order valence-corrected chi connectivity index (χ2v) is 10.3. The molecule has 1 fully saturated rings. The maximum Gasteiger partial charge on any atom is 0.344 e. The van der Waals surface area contributed by atoms with Crippen molar-refractivity contribution in [1.29, 1.82) is 5.41 Å². The lowest BCUT2D eigenvalue weighted by Crippen LogP contribution is -2.35. The van der Waals surface area contributed by atoms with Gasteiger partial charge in [0.05, 0.1) is 11.6 Å². The number of rotatable bonds is 10. The summed E-state index contributed by atoms with van der Waals surface area (Å²) in [6, 6.07) is 12.8. The molecule has 11 heteroatoms. The van der Waals surface area contributed by atoms with Crippen LogP contribution < -0.4 is 10.1 Å². The number of aromatic nitrogens is 1. The lowest BCUT2D eigenvalue weighted by atomic mass is 9.96. The number of amidine groups is 1.